The van der Waals surface area contributed by atoms with Gasteiger partial charge in [0.2, 0.25) is 5.96 Å². The standard InChI is InChI=1S/C7H12N4S/c1-5-2-3-6(12-5)4-10-7(8)11-9/h2-3H,4,9H2,1H3,(H3,8,10,11). The van der Waals surface area contributed by atoms with Crippen LogP contribution < -0.4 is 17.0 Å². The smallest absolute Gasteiger partial charge is 0.203 e. The number of guanidine groups is 1. The molecule has 0 aromatic carbocycles. The van der Waals surface area contributed by atoms with Gasteiger partial charge in [0.15, 0.2) is 0 Å². The SMILES string of the molecule is Cc1ccc(CN=C(N)NN)s1. The predicted molar refractivity (Wildman–Crippen MR) is 51.7 cm³/mol. The number of thiophene rings is 1. The van der Waals surface area contributed by atoms with Crippen LogP contribution in [0, 0.1) is 6.92 Å². The third-order valence-electron chi connectivity index (χ3n) is 1.35. The molecule has 4 nitrogen and oxygen atoms in total. The Labute approximate surface area is 75.3 Å². The van der Waals surface area contributed by atoms with Gasteiger partial charge in [0.1, 0.15) is 0 Å². The van der Waals surface area contributed by atoms with Crippen molar-refractivity contribution in [1.82, 2.24) is 5.43 Å². The molecule has 66 valence electrons. The molecular weight excluding hydrogens is 172 g/mol. The monoisotopic (exact) mass is 184 g/mol. The van der Waals surface area contributed by atoms with Crippen LogP contribution in [0.2, 0.25) is 0 Å². The zero-order chi connectivity index (χ0) is 8.97. The van der Waals surface area contributed by atoms with Crippen molar-refractivity contribution in [3.05, 3.63) is 21.9 Å². The summed E-state index contributed by atoms with van der Waals surface area (Å²) in [5.74, 6) is 5.30. The van der Waals surface area contributed by atoms with Crippen molar-refractivity contribution >= 4 is 17.3 Å². The van der Waals surface area contributed by atoms with E-state index in [1.165, 1.54) is 9.75 Å². The van der Waals surface area contributed by atoms with Crippen molar-refractivity contribution in [1.29, 1.82) is 0 Å². The van der Waals surface area contributed by atoms with Gasteiger partial charge in [-0.25, -0.2) is 10.8 Å². The van der Waals surface area contributed by atoms with Gasteiger partial charge in [0.25, 0.3) is 0 Å². The zero-order valence-corrected chi connectivity index (χ0v) is 7.69. The van der Waals surface area contributed by atoms with E-state index in [0.29, 0.717) is 6.54 Å². The second-order valence-electron chi connectivity index (χ2n) is 2.36. The van der Waals surface area contributed by atoms with Crippen molar-refractivity contribution in [2.75, 3.05) is 0 Å². The van der Waals surface area contributed by atoms with Crippen LogP contribution in [0.5, 0.6) is 0 Å². The number of nitrogens with zero attached hydrogens (tertiary/aromatic N) is 1. The van der Waals surface area contributed by atoms with Crippen LogP contribution in [0.3, 0.4) is 0 Å². The lowest BCUT2D eigenvalue weighted by atomic mass is 10.4. The van der Waals surface area contributed by atoms with Crippen LogP contribution in [0.15, 0.2) is 17.1 Å². The number of rotatable bonds is 2. The van der Waals surface area contributed by atoms with Crippen LogP contribution in [0.4, 0.5) is 0 Å². The van der Waals surface area contributed by atoms with Crippen molar-refractivity contribution in [3.8, 4) is 0 Å². The summed E-state index contributed by atoms with van der Waals surface area (Å²) >= 11 is 1.71. The second-order valence-corrected chi connectivity index (χ2v) is 3.73. The average molecular weight is 184 g/mol. The van der Waals surface area contributed by atoms with Gasteiger partial charge in [-0.2, -0.15) is 0 Å². The Kier molecular flexibility index (Phi) is 3.07. The maximum atomic E-state index is 5.35. The van der Waals surface area contributed by atoms with E-state index in [2.05, 4.69) is 23.4 Å². The Balaban J connectivity index is 2.53. The lowest BCUT2D eigenvalue weighted by molar-refractivity contribution is 0.966. The minimum Gasteiger partial charge on any atom is -0.369 e. The van der Waals surface area contributed by atoms with Gasteiger partial charge >= 0.3 is 0 Å². The van der Waals surface area contributed by atoms with E-state index in [-0.39, 0.29) is 5.96 Å². The van der Waals surface area contributed by atoms with E-state index in [4.69, 9.17) is 11.6 Å². The van der Waals surface area contributed by atoms with Gasteiger partial charge in [0.05, 0.1) is 6.54 Å². The van der Waals surface area contributed by atoms with E-state index in [9.17, 15) is 0 Å². The normalized spacial score (nSPS) is 11.7. The Morgan fingerprint density at radius 1 is 1.67 bits per heavy atom. The molecule has 0 fully saturated rings. The number of aryl methyl sites for hydroxylation is 1. The first-order valence-electron chi connectivity index (χ1n) is 3.54. The van der Waals surface area contributed by atoms with Crippen LogP contribution in [0.1, 0.15) is 9.75 Å². The Bertz CT molecular complexity index is 279. The van der Waals surface area contributed by atoms with Gasteiger partial charge in [-0.05, 0) is 19.1 Å². The number of aliphatic imine (C=N–C) groups is 1. The lowest BCUT2D eigenvalue weighted by Gasteiger charge is -1.95. The third kappa shape index (κ3) is 2.52. The average Bonchev–Trinajstić information content (AvgIpc) is 2.47. The van der Waals surface area contributed by atoms with E-state index in [1.807, 2.05) is 6.07 Å². The van der Waals surface area contributed by atoms with Gasteiger partial charge in [-0.15, -0.1) is 11.3 Å². The van der Waals surface area contributed by atoms with Crippen molar-refractivity contribution in [2.45, 2.75) is 13.5 Å². The molecule has 0 bridgehead atoms. The van der Waals surface area contributed by atoms with Crippen LogP contribution in [-0.4, -0.2) is 5.96 Å². The van der Waals surface area contributed by atoms with Gasteiger partial charge < -0.3 is 5.73 Å². The number of nitrogens with two attached hydrogens (primary N) is 2. The van der Waals surface area contributed by atoms with Gasteiger partial charge in [0, 0.05) is 9.75 Å². The molecule has 5 N–H and O–H groups in total. The van der Waals surface area contributed by atoms with E-state index < -0.39 is 0 Å². The fourth-order valence-corrected chi connectivity index (χ4v) is 1.59. The molecule has 0 saturated carbocycles. The summed E-state index contributed by atoms with van der Waals surface area (Å²) in [5, 5.41) is 0. The topological polar surface area (TPSA) is 76.4 Å². The summed E-state index contributed by atoms with van der Waals surface area (Å²) in [7, 11) is 0. The molecule has 1 aromatic heterocycles. The Morgan fingerprint density at radius 2 is 2.42 bits per heavy atom. The van der Waals surface area contributed by atoms with Crippen molar-refractivity contribution in [3.63, 3.8) is 0 Å². The first-order chi connectivity index (χ1) is 5.72. The summed E-state index contributed by atoms with van der Waals surface area (Å²) in [4.78, 5) is 6.46. The first-order valence-corrected chi connectivity index (χ1v) is 4.36. The Morgan fingerprint density at radius 3 is 2.92 bits per heavy atom. The molecule has 0 amide bonds. The largest absolute Gasteiger partial charge is 0.369 e. The van der Waals surface area contributed by atoms with Crippen molar-refractivity contribution in [2.24, 2.45) is 16.6 Å². The summed E-state index contributed by atoms with van der Waals surface area (Å²) in [5.41, 5.74) is 7.62. The highest BCUT2D eigenvalue weighted by molar-refractivity contribution is 7.11. The Hall–Kier alpha value is -1.07. The number of hydrogen-bond acceptors (Lipinski definition) is 3. The number of hydrogen-bond donors (Lipinski definition) is 3. The van der Waals surface area contributed by atoms with E-state index in [1.54, 1.807) is 11.3 Å². The summed E-state index contributed by atoms with van der Waals surface area (Å²) in [6.07, 6.45) is 0. The minimum atomic E-state index is 0.265. The summed E-state index contributed by atoms with van der Waals surface area (Å²) in [6.45, 7) is 2.65. The highest BCUT2D eigenvalue weighted by Gasteiger charge is 1.94. The molecule has 1 aromatic rings. The lowest BCUT2D eigenvalue weighted by Crippen LogP contribution is -2.36. The second kappa shape index (κ2) is 4.08. The highest BCUT2D eigenvalue weighted by atomic mass is 32.1. The van der Waals surface area contributed by atoms with Gasteiger partial charge in [-0.3, -0.25) is 5.43 Å². The minimum absolute atomic E-state index is 0.265. The molecule has 0 saturated heterocycles. The number of hydrazine groups is 1. The molecule has 0 atom stereocenters. The van der Waals surface area contributed by atoms with Crippen molar-refractivity contribution < 1.29 is 0 Å². The number of nitrogens with one attached hydrogen (secondary N) is 1. The van der Waals surface area contributed by atoms with Crippen LogP contribution in [-0.2, 0) is 6.54 Å². The molecule has 0 aliphatic heterocycles. The van der Waals surface area contributed by atoms with E-state index >= 15 is 0 Å². The van der Waals surface area contributed by atoms with Crippen LogP contribution >= 0.6 is 11.3 Å². The van der Waals surface area contributed by atoms with E-state index in [0.717, 1.165) is 0 Å². The quantitative estimate of drug-likeness (QED) is 0.268. The summed E-state index contributed by atoms with van der Waals surface area (Å²) in [6, 6.07) is 4.09. The fraction of sp³-hybridized carbons (Fsp3) is 0.286. The van der Waals surface area contributed by atoms with Gasteiger partial charge in [-0.1, -0.05) is 0 Å². The molecule has 1 rings (SSSR count). The first kappa shape index (κ1) is 9.02. The molecule has 0 spiro atoms. The summed E-state index contributed by atoms with van der Waals surface area (Å²) < 4.78 is 0. The molecule has 0 aliphatic carbocycles. The molecule has 0 radical (unpaired) electrons. The molecule has 0 unspecified atom stereocenters. The fourth-order valence-electron chi connectivity index (χ4n) is 0.779. The molecule has 0 aliphatic rings. The maximum absolute atomic E-state index is 5.35. The highest BCUT2D eigenvalue weighted by Crippen LogP contribution is 2.15. The predicted octanol–water partition coefficient (Wildman–Crippen LogP) is 0.335. The zero-order valence-electron chi connectivity index (χ0n) is 6.87. The third-order valence-corrected chi connectivity index (χ3v) is 2.33. The maximum Gasteiger partial charge on any atom is 0.203 e. The van der Waals surface area contributed by atoms with Crippen LogP contribution in [0.25, 0.3) is 0 Å². The molecule has 5 heteroatoms. The molecular formula is C7H12N4S. The molecule has 1 heterocycles. The molecule has 12 heavy (non-hydrogen) atoms.